The predicted molar refractivity (Wildman–Crippen MR) is 82.2 cm³/mol. The monoisotopic (exact) mass is 356 g/mol. The molecule has 0 saturated heterocycles. The molecular weight excluding hydrogens is 348 g/mol. The van der Waals surface area contributed by atoms with Crippen LogP contribution in [0.1, 0.15) is 4.88 Å². The molecular formula is C12H10BrClN4S. The first-order valence-electron chi connectivity index (χ1n) is 5.71. The van der Waals surface area contributed by atoms with Crippen LogP contribution in [-0.4, -0.2) is 21.1 Å². The summed E-state index contributed by atoms with van der Waals surface area (Å²) >= 11 is 11.1. The fraction of sp³-hybridized carbons (Fsp3) is 0.167. The van der Waals surface area contributed by atoms with Gasteiger partial charge < -0.3 is 5.32 Å². The molecule has 0 fully saturated rings. The standard InChI is InChI=1S/C12H10BrClN4S/c13-10-3-2-9(19-10)5-6-15-12-16-11-4-1-8(14)7-18(11)17-12/h1-4,7H,5-6H2,(H,15,17). The van der Waals surface area contributed by atoms with Crippen LogP contribution < -0.4 is 5.32 Å². The number of nitrogens with one attached hydrogen (secondary N) is 1. The number of fused-ring (bicyclic) bond motifs is 1. The molecule has 3 rings (SSSR count). The second kappa shape index (κ2) is 5.48. The summed E-state index contributed by atoms with van der Waals surface area (Å²) < 4.78 is 2.83. The van der Waals surface area contributed by atoms with Gasteiger partial charge in [0, 0.05) is 17.6 Å². The maximum absolute atomic E-state index is 5.90. The largest absolute Gasteiger partial charge is 0.353 e. The average Bonchev–Trinajstić information content (AvgIpc) is 2.95. The zero-order valence-corrected chi connectivity index (χ0v) is 13.0. The van der Waals surface area contributed by atoms with Gasteiger partial charge >= 0.3 is 0 Å². The molecule has 4 nitrogen and oxygen atoms in total. The van der Waals surface area contributed by atoms with Crippen LogP contribution in [0, 0.1) is 0 Å². The molecule has 0 unspecified atom stereocenters. The van der Waals surface area contributed by atoms with Crippen LogP contribution in [-0.2, 0) is 6.42 Å². The van der Waals surface area contributed by atoms with Crippen molar-refractivity contribution in [3.63, 3.8) is 0 Å². The first kappa shape index (κ1) is 12.9. The molecule has 19 heavy (non-hydrogen) atoms. The normalized spacial score (nSPS) is 11.1. The number of rotatable bonds is 4. The molecule has 98 valence electrons. The van der Waals surface area contributed by atoms with Crippen LogP contribution >= 0.6 is 38.9 Å². The summed E-state index contributed by atoms with van der Waals surface area (Å²) in [6.45, 7) is 0.803. The lowest BCUT2D eigenvalue weighted by molar-refractivity contribution is 0.942. The minimum atomic E-state index is 0.623. The van der Waals surface area contributed by atoms with Crippen molar-refractivity contribution in [2.24, 2.45) is 0 Å². The maximum Gasteiger partial charge on any atom is 0.243 e. The van der Waals surface area contributed by atoms with Crippen molar-refractivity contribution in [1.82, 2.24) is 14.6 Å². The van der Waals surface area contributed by atoms with Crippen molar-refractivity contribution < 1.29 is 0 Å². The van der Waals surface area contributed by atoms with Crippen LogP contribution in [0.3, 0.4) is 0 Å². The Morgan fingerprint density at radius 3 is 3.00 bits per heavy atom. The number of anilines is 1. The maximum atomic E-state index is 5.90. The third-order valence-electron chi connectivity index (χ3n) is 2.58. The van der Waals surface area contributed by atoms with Gasteiger partial charge in [-0.05, 0) is 46.6 Å². The van der Waals surface area contributed by atoms with Crippen molar-refractivity contribution in [2.45, 2.75) is 6.42 Å². The van der Waals surface area contributed by atoms with Gasteiger partial charge in [-0.15, -0.1) is 16.4 Å². The molecule has 0 aliphatic carbocycles. The van der Waals surface area contributed by atoms with E-state index in [1.165, 1.54) is 4.88 Å². The molecule has 1 N–H and O–H groups in total. The SMILES string of the molecule is Clc1ccc2nc(NCCc3ccc(Br)s3)nn2c1. The number of pyridine rings is 1. The summed E-state index contributed by atoms with van der Waals surface area (Å²) in [7, 11) is 0. The van der Waals surface area contributed by atoms with Crippen LogP contribution in [0.4, 0.5) is 5.95 Å². The molecule has 0 aliphatic heterocycles. The van der Waals surface area contributed by atoms with E-state index in [9.17, 15) is 0 Å². The van der Waals surface area contributed by atoms with E-state index in [0.29, 0.717) is 11.0 Å². The molecule has 3 aromatic rings. The van der Waals surface area contributed by atoms with Gasteiger partial charge in [-0.25, -0.2) is 4.52 Å². The number of aromatic nitrogens is 3. The van der Waals surface area contributed by atoms with Crippen LogP contribution in [0.15, 0.2) is 34.2 Å². The van der Waals surface area contributed by atoms with Gasteiger partial charge in [-0.1, -0.05) is 11.6 Å². The Bertz CT molecular complexity index is 709. The number of hydrogen-bond donors (Lipinski definition) is 1. The lowest BCUT2D eigenvalue weighted by Gasteiger charge is -1.98. The van der Waals surface area contributed by atoms with E-state index < -0.39 is 0 Å². The van der Waals surface area contributed by atoms with Crippen molar-refractivity contribution >= 4 is 50.5 Å². The first-order chi connectivity index (χ1) is 9.20. The number of nitrogens with zero attached hydrogens (tertiary/aromatic N) is 3. The topological polar surface area (TPSA) is 42.2 Å². The van der Waals surface area contributed by atoms with Crippen LogP contribution in [0.5, 0.6) is 0 Å². The lowest BCUT2D eigenvalue weighted by Crippen LogP contribution is -2.05. The van der Waals surface area contributed by atoms with Crippen molar-refractivity contribution in [3.8, 4) is 0 Å². The fourth-order valence-corrected chi connectivity index (χ4v) is 3.35. The Kier molecular flexibility index (Phi) is 3.72. The van der Waals surface area contributed by atoms with Crippen molar-refractivity contribution in [3.05, 3.63) is 44.1 Å². The summed E-state index contributed by atoms with van der Waals surface area (Å²) in [5.74, 6) is 0.623. The van der Waals surface area contributed by atoms with Gasteiger partial charge in [0.05, 0.1) is 8.81 Å². The summed E-state index contributed by atoms with van der Waals surface area (Å²) in [5.41, 5.74) is 0.783. The van der Waals surface area contributed by atoms with Crippen molar-refractivity contribution in [1.29, 1.82) is 0 Å². The summed E-state index contributed by atoms with van der Waals surface area (Å²) in [6.07, 6.45) is 2.69. The van der Waals surface area contributed by atoms with Gasteiger partial charge in [0.25, 0.3) is 0 Å². The fourth-order valence-electron chi connectivity index (χ4n) is 1.72. The van der Waals surface area contributed by atoms with E-state index in [1.54, 1.807) is 28.1 Å². The summed E-state index contributed by atoms with van der Waals surface area (Å²) in [5, 5.41) is 8.18. The number of thiophene rings is 1. The molecule has 3 heterocycles. The van der Waals surface area contributed by atoms with E-state index >= 15 is 0 Å². The van der Waals surface area contributed by atoms with Crippen molar-refractivity contribution in [2.75, 3.05) is 11.9 Å². The third-order valence-corrected chi connectivity index (χ3v) is 4.49. The van der Waals surface area contributed by atoms with Gasteiger partial charge in [0.1, 0.15) is 0 Å². The Hall–Kier alpha value is -1.11. The highest BCUT2D eigenvalue weighted by Crippen LogP contribution is 2.22. The van der Waals surface area contributed by atoms with E-state index in [2.05, 4.69) is 43.5 Å². The molecule has 0 atom stereocenters. The highest BCUT2D eigenvalue weighted by molar-refractivity contribution is 9.11. The Balaban J connectivity index is 1.65. The zero-order valence-electron chi connectivity index (χ0n) is 9.81. The predicted octanol–water partition coefficient (Wildman–Crippen LogP) is 3.86. The number of halogens is 2. The second-order valence-corrected chi connectivity index (χ2v) is 6.95. The Morgan fingerprint density at radius 1 is 1.32 bits per heavy atom. The molecule has 0 aromatic carbocycles. The minimum Gasteiger partial charge on any atom is -0.353 e. The van der Waals surface area contributed by atoms with Gasteiger partial charge in [-0.2, -0.15) is 4.98 Å². The van der Waals surface area contributed by atoms with E-state index in [-0.39, 0.29) is 0 Å². The van der Waals surface area contributed by atoms with E-state index in [1.807, 2.05) is 6.07 Å². The molecule has 0 aliphatic rings. The van der Waals surface area contributed by atoms with Crippen LogP contribution in [0.2, 0.25) is 5.02 Å². The zero-order chi connectivity index (χ0) is 13.2. The first-order valence-corrected chi connectivity index (χ1v) is 7.69. The highest BCUT2D eigenvalue weighted by atomic mass is 79.9. The lowest BCUT2D eigenvalue weighted by atomic mass is 10.3. The molecule has 0 radical (unpaired) electrons. The van der Waals surface area contributed by atoms with Gasteiger partial charge in [0.2, 0.25) is 5.95 Å². The smallest absolute Gasteiger partial charge is 0.243 e. The Morgan fingerprint density at radius 2 is 2.21 bits per heavy atom. The van der Waals surface area contributed by atoms with Gasteiger partial charge in [0.15, 0.2) is 5.65 Å². The van der Waals surface area contributed by atoms with Crippen LogP contribution in [0.25, 0.3) is 5.65 Å². The average molecular weight is 358 g/mol. The Labute approximate surface area is 127 Å². The molecule has 0 saturated carbocycles. The quantitative estimate of drug-likeness (QED) is 0.771. The molecule has 3 aromatic heterocycles. The van der Waals surface area contributed by atoms with E-state index in [4.69, 9.17) is 11.6 Å². The number of hydrogen-bond acceptors (Lipinski definition) is 4. The molecule has 0 amide bonds. The minimum absolute atomic E-state index is 0.623. The molecule has 7 heteroatoms. The summed E-state index contributed by atoms with van der Waals surface area (Å²) in [4.78, 5) is 5.69. The summed E-state index contributed by atoms with van der Waals surface area (Å²) in [6, 6.07) is 7.83. The van der Waals surface area contributed by atoms with E-state index in [0.717, 1.165) is 22.4 Å². The molecule has 0 bridgehead atoms. The van der Waals surface area contributed by atoms with Gasteiger partial charge in [-0.3, -0.25) is 0 Å². The highest BCUT2D eigenvalue weighted by Gasteiger charge is 2.03. The third kappa shape index (κ3) is 3.08. The second-order valence-electron chi connectivity index (χ2n) is 3.97. The molecule has 0 spiro atoms.